The van der Waals surface area contributed by atoms with Crippen molar-refractivity contribution in [1.29, 1.82) is 0 Å². The van der Waals surface area contributed by atoms with Gasteiger partial charge in [0.15, 0.2) is 0 Å². The largest absolute Gasteiger partial charge is 0.493 e. The highest BCUT2D eigenvalue weighted by molar-refractivity contribution is 5.95. The first kappa shape index (κ1) is 25.6. The van der Waals surface area contributed by atoms with Gasteiger partial charge in [-0.25, -0.2) is 0 Å². The minimum atomic E-state index is -0.250. The first-order valence-corrected chi connectivity index (χ1v) is 10.6. The normalized spacial score (nSPS) is 10.0. The van der Waals surface area contributed by atoms with Crippen molar-refractivity contribution >= 4 is 12.4 Å². The maximum atomic E-state index is 12.7. The number of amides is 1. The lowest BCUT2D eigenvalue weighted by Gasteiger charge is -2.13. The molecular weight excluding hydrogens is 420 g/mol. The van der Waals surface area contributed by atoms with Gasteiger partial charge in [-0.3, -0.25) is 9.59 Å². The van der Waals surface area contributed by atoms with E-state index in [1.165, 1.54) is 0 Å². The Kier molecular flexibility index (Phi) is 11.2. The number of carbonyl (C=O) groups is 2. The summed E-state index contributed by atoms with van der Waals surface area (Å²) in [5.74, 6) is 0.672. The fraction of sp³-hybridized carbons (Fsp3) is 0.231. The Morgan fingerprint density at radius 2 is 1.73 bits per heavy atom. The second-order valence-corrected chi connectivity index (χ2v) is 7.15. The topological polar surface area (TPSA) is 108 Å². The monoisotopic (exact) mass is 450 g/mol. The molecule has 1 amide bonds. The number of aliphatic hydroxyl groups is 1. The quantitative estimate of drug-likeness (QED) is 0.278. The first-order valence-electron chi connectivity index (χ1n) is 10.6. The lowest BCUT2D eigenvalue weighted by Crippen LogP contribution is -2.22. The second-order valence-electron chi connectivity index (χ2n) is 7.15. The molecule has 3 aromatic carbocycles. The van der Waals surface area contributed by atoms with Gasteiger partial charge in [-0.2, -0.15) is 0 Å². The zero-order valence-electron chi connectivity index (χ0n) is 18.7. The summed E-state index contributed by atoms with van der Waals surface area (Å²) in [7, 11) is 1.92. The molecule has 0 aliphatic heterocycles. The van der Waals surface area contributed by atoms with Gasteiger partial charge < -0.3 is 25.6 Å². The van der Waals surface area contributed by atoms with Crippen LogP contribution in [0.15, 0.2) is 72.8 Å². The molecule has 0 atom stereocenters. The highest BCUT2D eigenvalue weighted by Gasteiger charge is 2.10. The highest BCUT2D eigenvalue weighted by Crippen LogP contribution is 2.30. The third-order valence-corrected chi connectivity index (χ3v) is 4.78. The van der Waals surface area contributed by atoms with Crippen molar-refractivity contribution in [2.24, 2.45) is 0 Å². The number of carboxylic acid groups (broad SMARTS) is 1. The van der Waals surface area contributed by atoms with Crippen molar-refractivity contribution in [2.45, 2.75) is 19.6 Å². The van der Waals surface area contributed by atoms with Gasteiger partial charge in [-0.15, -0.1) is 0 Å². The molecule has 0 aliphatic carbocycles. The van der Waals surface area contributed by atoms with E-state index in [2.05, 4.69) is 10.6 Å². The van der Waals surface area contributed by atoms with Crippen LogP contribution >= 0.6 is 0 Å². The van der Waals surface area contributed by atoms with Crippen LogP contribution < -0.4 is 15.4 Å². The summed E-state index contributed by atoms with van der Waals surface area (Å²) in [6, 6.07) is 23.0. The number of benzene rings is 3. The molecule has 0 saturated carbocycles. The van der Waals surface area contributed by atoms with E-state index in [9.17, 15) is 9.90 Å². The van der Waals surface area contributed by atoms with Crippen LogP contribution in [0.3, 0.4) is 0 Å². The predicted molar refractivity (Wildman–Crippen MR) is 128 cm³/mol. The van der Waals surface area contributed by atoms with Crippen molar-refractivity contribution in [3.63, 3.8) is 0 Å². The molecule has 0 heterocycles. The summed E-state index contributed by atoms with van der Waals surface area (Å²) >= 11 is 0. The Bertz CT molecular complexity index is 1020. The average Bonchev–Trinajstić information content (AvgIpc) is 2.86. The highest BCUT2D eigenvalue weighted by atomic mass is 16.5. The SMILES string of the molecule is CNCCCOc1ccccc1-c1cccc(C(=O)NCc2cccc(CO)c2)c1.O=CO. The minimum absolute atomic E-state index is 0.0136. The van der Waals surface area contributed by atoms with E-state index < -0.39 is 0 Å². The number of hydrogen-bond donors (Lipinski definition) is 4. The lowest BCUT2D eigenvalue weighted by atomic mass is 10.0. The molecule has 0 spiro atoms. The summed E-state index contributed by atoms with van der Waals surface area (Å²) < 4.78 is 5.96. The van der Waals surface area contributed by atoms with Crippen molar-refractivity contribution in [2.75, 3.05) is 20.2 Å². The molecule has 7 nitrogen and oxygen atoms in total. The van der Waals surface area contributed by atoms with Crippen LogP contribution in [0, 0.1) is 0 Å². The van der Waals surface area contributed by atoms with Crippen LogP contribution in [-0.2, 0) is 17.9 Å². The van der Waals surface area contributed by atoms with Crippen molar-refractivity contribution in [3.8, 4) is 16.9 Å². The van der Waals surface area contributed by atoms with Gasteiger partial charge >= 0.3 is 0 Å². The molecule has 0 unspecified atom stereocenters. The third kappa shape index (κ3) is 8.40. The van der Waals surface area contributed by atoms with E-state index >= 15 is 0 Å². The number of carbonyl (C=O) groups excluding carboxylic acids is 1. The standard InChI is InChI=1S/C25H28N2O3.CH2O2/c1-26-13-6-14-30-24-12-3-2-11-23(24)21-9-5-10-22(16-21)25(29)27-17-19-7-4-8-20(15-19)18-28;2-1-3/h2-5,7-12,15-16,26,28H,6,13-14,17-18H2,1H3,(H,27,29);1H,(H,2,3). The molecule has 0 fully saturated rings. The zero-order valence-corrected chi connectivity index (χ0v) is 18.7. The van der Waals surface area contributed by atoms with Crippen LogP contribution in [0.1, 0.15) is 27.9 Å². The number of aliphatic hydroxyl groups excluding tert-OH is 1. The summed E-state index contributed by atoms with van der Waals surface area (Å²) in [6.45, 7) is 1.67. The molecule has 3 aromatic rings. The average molecular weight is 451 g/mol. The summed E-state index contributed by atoms with van der Waals surface area (Å²) in [6.07, 6.45) is 0.921. The smallest absolute Gasteiger partial charge is 0.290 e. The maximum Gasteiger partial charge on any atom is 0.290 e. The number of hydrogen-bond acceptors (Lipinski definition) is 5. The molecule has 33 heavy (non-hydrogen) atoms. The van der Waals surface area contributed by atoms with Gasteiger partial charge in [0, 0.05) is 17.7 Å². The molecule has 174 valence electrons. The van der Waals surface area contributed by atoms with Gasteiger partial charge in [0.1, 0.15) is 5.75 Å². The second kappa shape index (κ2) is 14.4. The van der Waals surface area contributed by atoms with E-state index in [0.717, 1.165) is 41.0 Å². The Morgan fingerprint density at radius 3 is 2.48 bits per heavy atom. The Hall–Kier alpha value is -3.68. The fourth-order valence-corrected chi connectivity index (χ4v) is 3.21. The van der Waals surface area contributed by atoms with E-state index in [1.54, 1.807) is 6.07 Å². The van der Waals surface area contributed by atoms with Crippen LogP contribution in [-0.4, -0.2) is 42.8 Å². The fourth-order valence-electron chi connectivity index (χ4n) is 3.21. The molecule has 4 N–H and O–H groups in total. The minimum Gasteiger partial charge on any atom is -0.493 e. The first-order chi connectivity index (χ1) is 16.1. The summed E-state index contributed by atoms with van der Waals surface area (Å²) in [5, 5.41) is 22.2. The van der Waals surface area contributed by atoms with Crippen LogP contribution in [0.5, 0.6) is 5.75 Å². The zero-order chi connectivity index (χ0) is 23.9. The van der Waals surface area contributed by atoms with Gasteiger partial charge in [0.2, 0.25) is 0 Å². The number of ether oxygens (including phenoxy) is 1. The van der Waals surface area contributed by atoms with E-state index in [0.29, 0.717) is 18.7 Å². The van der Waals surface area contributed by atoms with Gasteiger partial charge in [-0.1, -0.05) is 54.6 Å². The molecule has 0 aromatic heterocycles. The van der Waals surface area contributed by atoms with Crippen molar-refractivity contribution in [3.05, 3.63) is 89.5 Å². The third-order valence-electron chi connectivity index (χ3n) is 4.78. The van der Waals surface area contributed by atoms with Gasteiger partial charge in [-0.05, 0) is 54.9 Å². The lowest BCUT2D eigenvalue weighted by molar-refractivity contribution is -0.122. The molecule has 0 aliphatic rings. The Morgan fingerprint density at radius 1 is 1.00 bits per heavy atom. The van der Waals surface area contributed by atoms with E-state index in [1.807, 2.05) is 73.8 Å². The van der Waals surface area contributed by atoms with Crippen molar-refractivity contribution in [1.82, 2.24) is 10.6 Å². The van der Waals surface area contributed by atoms with Crippen LogP contribution in [0.2, 0.25) is 0 Å². The van der Waals surface area contributed by atoms with E-state index in [-0.39, 0.29) is 19.0 Å². The predicted octanol–water partition coefficient (Wildman–Crippen LogP) is 3.47. The maximum absolute atomic E-state index is 12.7. The Balaban J connectivity index is 0.00000122. The molecule has 0 radical (unpaired) electrons. The molecular formula is C26H30N2O5. The number of rotatable bonds is 10. The molecule has 3 rings (SSSR count). The number of nitrogens with one attached hydrogen (secondary N) is 2. The number of para-hydroxylation sites is 1. The molecule has 0 bridgehead atoms. The molecule has 0 saturated heterocycles. The Labute approximate surface area is 194 Å². The van der Waals surface area contributed by atoms with Crippen LogP contribution in [0.25, 0.3) is 11.1 Å². The summed E-state index contributed by atoms with van der Waals surface area (Å²) in [4.78, 5) is 21.0. The van der Waals surface area contributed by atoms with Crippen LogP contribution in [0.4, 0.5) is 0 Å². The van der Waals surface area contributed by atoms with Gasteiger partial charge in [0.25, 0.3) is 12.4 Å². The van der Waals surface area contributed by atoms with Crippen molar-refractivity contribution < 1.29 is 24.5 Å². The van der Waals surface area contributed by atoms with E-state index in [4.69, 9.17) is 14.6 Å². The summed E-state index contributed by atoms with van der Waals surface area (Å²) in [5.41, 5.74) is 4.28. The van der Waals surface area contributed by atoms with Gasteiger partial charge in [0.05, 0.1) is 13.2 Å². The molecule has 7 heteroatoms.